The molecule has 11 heteroatoms. The molecule has 3 rings (SSSR count). The van der Waals surface area contributed by atoms with Crippen LogP contribution in [0.5, 0.6) is 0 Å². The van der Waals surface area contributed by atoms with Crippen LogP contribution in [-0.4, -0.2) is 66.0 Å². The Morgan fingerprint density at radius 2 is 1.80 bits per heavy atom. The molecule has 1 amide bonds. The van der Waals surface area contributed by atoms with Gasteiger partial charge in [0.15, 0.2) is 0 Å². The maximum absolute atomic E-state index is 12.3. The highest BCUT2D eigenvalue weighted by Gasteiger charge is 2.28. The Morgan fingerprint density at radius 3 is 2.50 bits per heavy atom. The minimum absolute atomic E-state index is 0.0412. The zero-order valence-corrected chi connectivity index (χ0v) is 17.9. The number of amides is 1. The van der Waals surface area contributed by atoms with Crippen molar-refractivity contribution >= 4 is 33.4 Å². The molecule has 162 valence electrons. The zero-order chi connectivity index (χ0) is 21.6. The van der Waals surface area contributed by atoms with Crippen LogP contribution in [0.1, 0.15) is 18.4 Å². The first-order valence-electron chi connectivity index (χ1n) is 9.80. The minimum atomic E-state index is -3.18. The van der Waals surface area contributed by atoms with E-state index in [-0.39, 0.29) is 11.8 Å². The van der Waals surface area contributed by atoms with E-state index in [1.165, 1.54) is 16.9 Å². The van der Waals surface area contributed by atoms with E-state index in [4.69, 9.17) is 0 Å². The maximum atomic E-state index is 12.3. The molecule has 1 aliphatic heterocycles. The number of hydrogen-bond donors (Lipinski definition) is 3. The standard InChI is InChI=1S/C19H27N7O3S/c1-14-3-6-20-17(11-14)25-18-12-16(23-13-24-18)21-7-8-22-19(27)15-4-9-26(10-5-15)30(2,28)29/h3,6,11-13,15H,4-5,7-10H2,1-2H3,(H,22,27)(H2,20,21,23,24,25). The SMILES string of the molecule is Cc1ccnc(Nc2cc(NCCNC(=O)C3CCN(S(C)(=O)=O)CC3)ncn2)c1. The number of aromatic nitrogens is 3. The summed E-state index contributed by atoms with van der Waals surface area (Å²) in [6, 6.07) is 5.61. The van der Waals surface area contributed by atoms with Crippen molar-refractivity contribution in [2.75, 3.05) is 43.1 Å². The van der Waals surface area contributed by atoms with Gasteiger partial charge in [0.05, 0.1) is 6.26 Å². The number of hydrogen-bond acceptors (Lipinski definition) is 8. The van der Waals surface area contributed by atoms with Crippen LogP contribution in [0.2, 0.25) is 0 Å². The number of anilines is 3. The molecule has 1 fully saturated rings. The normalized spacial score (nSPS) is 15.5. The molecule has 0 saturated carbocycles. The van der Waals surface area contributed by atoms with E-state index >= 15 is 0 Å². The van der Waals surface area contributed by atoms with E-state index in [1.807, 2.05) is 19.1 Å². The molecule has 0 atom stereocenters. The molecule has 0 bridgehead atoms. The predicted octanol–water partition coefficient (Wildman–Crippen LogP) is 1.12. The lowest BCUT2D eigenvalue weighted by Crippen LogP contribution is -2.43. The number of nitrogens with one attached hydrogen (secondary N) is 3. The molecule has 0 spiro atoms. The Labute approximate surface area is 176 Å². The average Bonchev–Trinajstić information content (AvgIpc) is 2.71. The molecule has 2 aromatic rings. The number of nitrogens with zero attached hydrogens (tertiary/aromatic N) is 4. The van der Waals surface area contributed by atoms with Crippen LogP contribution in [0.3, 0.4) is 0 Å². The highest BCUT2D eigenvalue weighted by Crippen LogP contribution is 2.19. The van der Waals surface area contributed by atoms with Crippen LogP contribution in [0, 0.1) is 12.8 Å². The van der Waals surface area contributed by atoms with Gasteiger partial charge in [0.1, 0.15) is 23.8 Å². The molecule has 1 aliphatic rings. The summed E-state index contributed by atoms with van der Waals surface area (Å²) < 4.78 is 24.5. The number of sulfonamides is 1. The van der Waals surface area contributed by atoms with Crippen LogP contribution < -0.4 is 16.0 Å². The Kier molecular flexibility index (Phi) is 7.16. The first kappa shape index (κ1) is 21.9. The van der Waals surface area contributed by atoms with Gasteiger partial charge in [-0.05, 0) is 37.5 Å². The lowest BCUT2D eigenvalue weighted by Gasteiger charge is -2.29. The van der Waals surface area contributed by atoms with Crippen molar-refractivity contribution in [1.29, 1.82) is 0 Å². The van der Waals surface area contributed by atoms with Gasteiger partial charge < -0.3 is 16.0 Å². The maximum Gasteiger partial charge on any atom is 0.223 e. The van der Waals surface area contributed by atoms with E-state index < -0.39 is 10.0 Å². The van der Waals surface area contributed by atoms with Crippen LogP contribution in [-0.2, 0) is 14.8 Å². The number of carbonyl (C=O) groups is 1. The molecule has 10 nitrogen and oxygen atoms in total. The van der Waals surface area contributed by atoms with E-state index in [2.05, 4.69) is 30.9 Å². The van der Waals surface area contributed by atoms with E-state index in [9.17, 15) is 13.2 Å². The van der Waals surface area contributed by atoms with Crippen LogP contribution in [0.15, 0.2) is 30.7 Å². The summed E-state index contributed by atoms with van der Waals surface area (Å²) in [7, 11) is -3.18. The van der Waals surface area contributed by atoms with Crippen molar-refractivity contribution in [3.05, 3.63) is 36.3 Å². The summed E-state index contributed by atoms with van der Waals surface area (Å²) in [6.07, 6.45) is 5.46. The fraction of sp³-hybridized carbons (Fsp3) is 0.474. The number of rotatable bonds is 8. The number of aryl methyl sites for hydroxylation is 1. The van der Waals surface area contributed by atoms with Gasteiger partial charge in [0, 0.05) is 44.4 Å². The third kappa shape index (κ3) is 6.36. The van der Waals surface area contributed by atoms with Crippen molar-refractivity contribution in [2.24, 2.45) is 5.92 Å². The van der Waals surface area contributed by atoms with Gasteiger partial charge in [-0.2, -0.15) is 0 Å². The van der Waals surface area contributed by atoms with Crippen molar-refractivity contribution in [3.8, 4) is 0 Å². The Morgan fingerprint density at radius 1 is 1.10 bits per heavy atom. The zero-order valence-electron chi connectivity index (χ0n) is 17.1. The molecule has 3 N–H and O–H groups in total. The van der Waals surface area contributed by atoms with Crippen LogP contribution >= 0.6 is 0 Å². The first-order chi connectivity index (χ1) is 14.3. The average molecular weight is 434 g/mol. The van der Waals surface area contributed by atoms with Gasteiger partial charge in [-0.15, -0.1) is 0 Å². The second kappa shape index (κ2) is 9.81. The molecule has 30 heavy (non-hydrogen) atoms. The summed E-state index contributed by atoms with van der Waals surface area (Å²) in [4.78, 5) is 24.9. The molecule has 0 aliphatic carbocycles. The Bertz CT molecular complexity index is 976. The first-order valence-corrected chi connectivity index (χ1v) is 11.6. The summed E-state index contributed by atoms with van der Waals surface area (Å²) in [5.74, 6) is 1.76. The second-order valence-corrected chi connectivity index (χ2v) is 9.27. The largest absolute Gasteiger partial charge is 0.368 e. The van der Waals surface area contributed by atoms with E-state index in [0.29, 0.717) is 56.5 Å². The Balaban J connectivity index is 1.41. The van der Waals surface area contributed by atoms with Crippen molar-refractivity contribution in [3.63, 3.8) is 0 Å². The predicted molar refractivity (Wildman–Crippen MR) is 115 cm³/mol. The lowest BCUT2D eigenvalue weighted by molar-refractivity contribution is -0.126. The molecule has 0 radical (unpaired) electrons. The van der Waals surface area contributed by atoms with Gasteiger partial charge in [0.2, 0.25) is 15.9 Å². The van der Waals surface area contributed by atoms with Crippen LogP contribution in [0.4, 0.5) is 17.5 Å². The third-order valence-electron chi connectivity index (χ3n) is 4.86. The minimum Gasteiger partial charge on any atom is -0.368 e. The second-order valence-electron chi connectivity index (χ2n) is 7.29. The van der Waals surface area contributed by atoms with Gasteiger partial charge in [-0.3, -0.25) is 4.79 Å². The fourth-order valence-corrected chi connectivity index (χ4v) is 4.10. The van der Waals surface area contributed by atoms with E-state index in [1.54, 1.807) is 12.3 Å². The topological polar surface area (TPSA) is 129 Å². The Hall–Kier alpha value is -2.79. The molecular formula is C19H27N7O3S. The quantitative estimate of drug-likeness (QED) is 0.528. The molecule has 2 aromatic heterocycles. The monoisotopic (exact) mass is 433 g/mol. The summed E-state index contributed by atoms with van der Waals surface area (Å²) in [6.45, 7) is 3.72. The number of carbonyl (C=O) groups excluding carboxylic acids is 1. The summed E-state index contributed by atoms with van der Waals surface area (Å²) in [5.41, 5.74) is 1.10. The fourth-order valence-electron chi connectivity index (χ4n) is 3.23. The lowest BCUT2D eigenvalue weighted by atomic mass is 9.97. The molecular weight excluding hydrogens is 406 g/mol. The van der Waals surface area contributed by atoms with Crippen molar-refractivity contribution in [1.82, 2.24) is 24.6 Å². The molecule has 1 saturated heterocycles. The molecule has 3 heterocycles. The van der Waals surface area contributed by atoms with Crippen LogP contribution in [0.25, 0.3) is 0 Å². The number of pyridine rings is 1. The number of piperidine rings is 1. The summed E-state index contributed by atoms with van der Waals surface area (Å²) >= 11 is 0. The van der Waals surface area contributed by atoms with Gasteiger partial charge in [-0.1, -0.05) is 0 Å². The van der Waals surface area contributed by atoms with E-state index in [0.717, 1.165) is 5.56 Å². The summed E-state index contributed by atoms with van der Waals surface area (Å²) in [5, 5.41) is 9.18. The van der Waals surface area contributed by atoms with Gasteiger partial charge >= 0.3 is 0 Å². The van der Waals surface area contributed by atoms with Gasteiger partial charge in [0.25, 0.3) is 0 Å². The molecule has 0 unspecified atom stereocenters. The highest BCUT2D eigenvalue weighted by molar-refractivity contribution is 7.88. The van der Waals surface area contributed by atoms with Crippen molar-refractivity contribution < 1.29 is 13.2 Å². The highest BCUT2D eigenvalue weighted by atomic mass is 32.2. The smallest absolute Gasteiger partial charge is 0.223 e. The third-order valence-corrected chi connectivity index (χ3v) is 6.17. The van der Waals surface area contributed by atoms with Gasteiger partial charge in [-0.25, -0.2) is 27.7 Å². The van der Waals surface area contributed by atoms with Crippen molar-refractivity contribution in [2.45, 2.75) is 19.8 Å². The molecule has 0 aromatic carbocycles.